The van der Waals surface area contributed by atoms with Crippen LogP contribution < -0.4 is 15.2 Å². The maximum absolute atomic E-state index is 13.7. The van der Waals surface area contributed by atoms with Crippen molar-refractivity contribution in [2.75, 3.05) is 19.8 Å². The van der Waals surface area contributed by atoms with E-state index in [1.165, 1.54) is 6.07 Å². The molecule has 0 aliphatic carbocycles. The van der Waals surface area contributed by atoms with Crippen LogP contribution in [-0.4, -0.2) is 24.9 Å². The van der Waals surface area contributed by atoms with E-state index in [9.17, 15) is 9.50 Å². The highest BCUT2D eigenvalue weighted by Gasteiger charge is 2.18. The van der Waals surface area contributed by atoms with Crippen LogP contribution in [0.2, 0.25) is 0 Å². The van der Waals surface area contributed by atoms with Crippen LogP contribution >= 0.6 is 0 Å². The van der Waals surface area contributed by atoms with Crippen LogP contribution in [-0.2, 0) is 0 Å². The molecule has 0 radical (unpaired) electrons. The second-order valence-corrected chi connectivity index (χ2v) is 3.63. The summed E-state index contributed by atoms with van der Waals surface area (Å²) in [4.78, 5) is 0. The zero-order chi connectivity index (χ0) is 11.5. The van der Waals surface area contributed by atoms with Crippen LogP contribution in [0.5, 0.6) is 11.5 Å². The Kier molecular flexibility index (Phi) is 3.26. The summed E-state index contributed by atoms with van der Waals surface area (Å²) in [5, 5.41) is 9.54. The lowest BCUT2D eigenvalue weighted by atomic mass is 10.1. The second-order valence-electron chi connectivity index (χ2n) is 3.63. The quantitative estimate of drug-likeness (QED) is 0.790. The predicted octanol–water partition coefficient (Wildman–Crippen LogP) is 0.979. The Hall–Kier alpha value is -1.33. The van der Waals surface area contributed by atoms with Gasteiger partial charge in [0.25, 0.3) is 0 Å². The third-order valence-corrected chi connectivity index (χ3v) is 2.43. The normalized spacial score (nSPS) is 16.7. The molecule has 1 aliphatic rings. The molecule has 1 aromatic carbocycles. The minimum atomic E-state index is -0.883. The van der Waals surface area contributed by atoms with Gasteiger partial charge in [0.1, 0.15) is 0 Å². The molecule has 0 fully saturated rings. The summed E-state index contributed by atoms with van der Waals surface area (Å²) in [5.41, 5.74) is 5.72. The molecule has 16 heavy (non-hydrogen) atoms. The van der Waals surface area contributed by atoms with E-state index in [2.05, 4.69) is 0 Å². The standard InChI is InChI=1S/C11H14FNO3/c12-8-4-7(9(14)6-13)5-10-11(8)16-3-1-2-15-10/h4-5,9,14H,1-3,6,13H2. The Balaban J connectivity index is 2.39. The van der Waals surface area contributed by atoms with Crippen LogP contribution in [0.1, 0.15) is 18.1 Å². The molecule has 88 valence electrons. The highest BCUT2D eigenvalue weighted by Crippen LogP contribution is 2.35. The van der Waals surface area contributed by atoms with Crippen molar-refractivity contribution in [3.05, 3.63) is 23.5 Å². The number of aliphatic hydroxyl groups excluding tert-OH is 1. The highest BCUT2D eigenvalue weighted by atomic mass is 19.1. The summed E-state index contributed by atoms with van der Waals surface area (Å²) >= 11 is 0. The van der Waals surface area contributed by atoms with Crippen LogP contribution in [0.15, 0.2) is 12.1 Å². The summed E-state index contributed by atoms with van der Waals surface area (Å²) in [6, 6.07) is 2.80. The van der Waals surface area contributed by atoms with Gasteiger partial charge in [0.05, 0.1) is 19.3 Å². The molecule has 4 nitrogen and oxygen atoms in total. The van der Waals surface area contributed by atoms with Crippen molar-refractivity contribution in [3.8, 4) is 11.5 Å². The van der Waals surface area contributed by atoms with E-state index in [0.717, 1.165) is 0 Å². The van der Waals surface area contributed by atoms with Crippen molar-refractivity contribution >= 4 is 0 Å². The topological polar surface area (TPSA) is 64.7 Å². The van der Waals surface area contributed by atoms with E-state index in [1.54, 1.807) is 6.07 Å². The maximum Gasteiger partial charge on any atom is 0.197 e. The Morgan fingerprint density at radius 1 is 1.38 bits per heavy atom. The predicted molar refractivity (Wildman–Crippen MR) is 56.0 cm³/mol. The summed E-state index contributed by atoms with van der Waals surface area (Å²) in [7, 11) is 0. The minimum Gasteiger partial charge on any atom is -0.489 e. The smallest absolute Gasteiger partial charge is 0.197 e. The van der Waals surface area contributed by atoms with Crippen molar-refractivity contribution in [1.82, 2.24) is 0 Å². The van der Waals surface area contributed by atoms with Crippen molar-refractivity contribution in [1.29, 1.82) is 0 Å². The summed E-state index contributed by atoms with van der Waals surface area (Å²) in [6.07, 6.45) is -0.172. The van der Waals surface area contributed by atoms with Crippen LogP contribution in [0.25, 0.3) is 0 Å². The number of halogens is 1. The Morgan fingerprint density at radius 3 is 2.88 bits per heavy atom. The molecule has 0 spiro atoms. The van der Waals surface area contributed by atoms with Crippen LogP contribution in [0.3, 0.4) is 0 Å². The fourth-order valence-corrected chi connectivity index (χ4v) is 1.58. The number of fused-ring (bicyclic) bond motifs is 1. The molecular formula is C11H14FNO3. The average molecular weight is 227 g/mol. The molecule has 1 aliphatic heterocycles. The number of ether oxygens (including phenoxy) is 2. The van der Waals surface area contributed by atoms with Gasteiger partial charge in [0.2, 0.25) is 0 Å². The maximum atomic E-state index is 13.7. The first-order chi connectivity index (χ1) is 7.72. The molecule has 0 aromatic heterocycles. The molecule has 0 saturated heterocycles. The highest BCUT2D eigenvalue weighted by molar-refractivity contribution is 5.45. The number of aliphatic hydroxyl groups is 1. The lowest BCUT2D eigenvalue weighted by molar-refractivity contribution is 0.185. The molecule has 0 amide bonds. The third-order valence-electron chi connectivity index (χ3n) is 2.43. The van der Waals surface area contributed by atoms with Crippen molar-refractivity contribution < 1.29 is 19.0 Å². The van der Waals surface area contributed by atoms with Gasteiger partial charge in [0.15, 0.2) is 17.3 Å². The van der Waals surface area contributed by atoms with Crippen molar-refractivity contribution in [2.45, 2.75) is 12.5 Å². The third kappa shape index (κ3) is 2.10. The van der Waals surface area contributed by atoms with Crippen molar-refractivity contribution in [3.63, 3.8) is 0 Å². The number of nitrogens with two attached hydrogens (primary N) is 1. The van der Waals surface area contributed by atoms with Gasteiger partial charge < -0.3 is 20.3 Å². The zero-order valence-corrected chi connectivity index (χ0v) is 8.78. The fraction of sp³-hybridized carbons (Fsp3) is 0.455. The van der Waals surface area contributed by atoms with Gasteiger partial charge in [-0.3, -0.25) is 0 Å². The fourth-order valence-electron chi connectivity index (χ4n) is 1.58. The minimum absolute atomic E-state index is 0.0408. The first-order valence-electron chi connectivity index (χ1n) is 5.19. The lowest BCUT2D eigenvalue weighted by Crippen LogP contribution is -2.12. The lowest BCUT2D eigenvalue weighted by Gasteiger charge is -2.13. The van der Waals surface area contributed by atoms with E-state index in [1.807, 2.05) is 0 Å². The number of hydrogen-bond acceptors (Lipinski definition) is 4. The van der Waals surface area contributed by atoms with E-state index < -0.39 is 11.9 Å². The van der Waals surface area contributed by atoms with E-state index >= 15 is 0 Å². The monoisotopic (exact) mass is 227 g/mol. The molecule has 1 unspecified atom stereocenters. The molecule has 1 heterocycles. The number of rotatable bonds is 2. The van der Waals surface area contributed by atoms with Crippen molar-refractivity contribution in [2.24, 2.45) is 5.73 Å². The first-order valence-corrected chi connectivity index (χ1v) is 5.19. The molecule has 0 bridgehead atoms. The molecule has 0 saturated carbocycles. The van der Waals surface area contributed by atoms with E-state index in [-0.39, 0.29) is 12.3 Å². The first kappa shape index (κ1) is 11.2. The number of hydrogen-bond donors (Lipinski definition) is 2. The van der Waals surface area contributed by atoms with E-state index in [0.29, 0.717) is 30.9 Å². The SMILES string of the molecule is NCC(O)c1cc(F)c2c(c1)OCCCO2. The molecule has 1 aromatic rings. The molecule has 1 atom stereocenters. The molecule has 3 N–H and O–H groups in total. The molecule has 2 rings (SSSR count). The van der Waals surface area contributed by atoms with Crippen LogP contribution in [0.4, 0.5) is 4.39 Å². The average Bonchev–Trinajstić information content (AvgIpc) is 2.53. The largest absolute Gasteiger partial charge is 0.489 e. The van der Waals surface area contributed by atoms with Gasteiger partial charge >= 0.3 is 0 Å². The summed E-state index contributed by atoms with van der Waals surface area (Å²) < 4.78 is 24.2. The Morgan fingerprint density at radius 2 is 2.12 bits per heavy atom. The zero-order valence-electron chi connectivity index (χ0n) is 8.78. The summed E-state index contributed by atoms with van der Waals surface area (Å²) in [5.74, 6) is -0.0765. The van der Waals surface area contributed by atoms with E-state index in [4.69, 9.17) is 15.2 Å². The summed E-state index contributed by atoms with van der Waals surface area (Å²) in [6.45, 7) is 0.955. The van der Waals surface area contributed by atoms with Gasteiger partial charge in [0, 0.05) is 13.0 Å². The molecular weight excluding hydrogens is 213 g/mol. The van der Waals surface area contributed by atoms with Gasteiger partial charge in [-0.25, -0.2) is 4.39 Å². The Labute approximate surface area is 92.8 Å². The van der Waals surface area contributed by atoms with Gasteiger partial charge in [-0.2, -0.15) is 0 Å². The number of benzene rings is 1. The van der Waals surface area contributed by atoms with Gasteiger partial charge in [-0.15, -0.1) is 0 Å². The second kappa shape index (κ2) is 4.67. The van der Waals surface area contributed by atoms with Gasteiger partial charge in [-0.1, -0.05) is 0 Å². The van der Waals surface area contributed by atoms with Gasteiger partial charge in [-0.05, 0) is 17.7 Å². The molecule has 5 heteroatoms. The Bertz CT molecular complexity index is 384. The van der Waals surface area contributed by atoms with Crippen LogP contribution in [0, 0.1) is 5.82 Å².